The molecule has 1 amide bonds. The number of benzene rings is 2. The van der Waals surface area contributed by atoms with Crippen LogP contribution < -0.4 is 10.1 Å². The summed E-state index contributed by atoms with van der Waals surface area (Å²) in [6.45, 7) is 0.425. The van der Waals surface area contributed by atoms with E-state index >= 15 is 0 Å². The van der Waals surface area contributed by atoms with E-state index in [2.05, 4.69) is 15.5 Å². The van der Waals surface area contributed by atoms with Crippen LogP contribution in [0.3, 0.4) is 0 Å². The molecular formula is C22H19N3O3S. The number of nitrogens with one attached hydrogen (secondary N) is 1. The van der Waals surface area contributed by atoms with E-state index in [1.165, 1.54) is 0 Å². The summed E-state index contributed by atoms with van der Waals surface area (Å²) in [5.74, 6) is 2.37. The summed E-state index contributed by atoms with van der Waals surface area (Å²) in [7, 11) is 0. The van der Waals surface area contributed by atoms with Gasteiger partial charge in [0.15, 0.2) is 0 Å². The molecule has 0 fully saturated rings. The Labute approximate surface area is 172 Å². The van der Waals surface area contributed by atoms with Gasteiger partial charge >= 0.3 is 0 Å². The maximum atomic E-state index is 12.2. The van der Waals surface area contributed by atoms with Crippen molar-refractivity contribution in [2.45, 2.75) is 19.4 Å². The number of amides is 1. The van der Waals surface area contributed by atoms with Crippen LogP contribution in [0.2, 0.25) is 0 Å². The first kappa shape index (κ1) is 18.9. The van der Waals surface area contributed by atoms with E-state index < -0.39 is 0 Å². The predicted molar refractivity (Wildman–Crippen MR) is 111 cm³/mol. The molecule has 7 heteroatoms. The molecule has 0 spiro atoms. The third-order valence-corrected chi connectivity index (χ3v) is 4.85. The fraction of sp³-hybridized carbons (Fsp3) is 0.136. The van der Waals surface area contributed by atoms with Gasteiger partial charge < -0.3 is 14.5 Å². The highest BCUT2D eigenvalue weighted by Gasteiger charge is 2.11. The van der Waals surface area contributed by atoms with Gasteiger partial charge in [-0.05, 0) is 41.3 Å². The van der Waals surface area contributed by atoms with Crippen LogP contribution in [0.5, 0.6) is 11.5 Å². The van der Waals surface area contributed by atoms with Crippen LogP contribution in [-0.2, 0) is 17.8 Å². The molecule has 2 heterocycles. The quantitative estimate of drug-likeness (QED) is 0.454. The van der Waals surface area contributed by atoms with Gasteiger partial charge in [-0.15, -0.1) is 10.2 Å². The number of rotatable bonds is 8. The van der Waals surface area contributed by atoms with Gasteiger partial charge in [-0.3, -0.25) is 4.79 Å². The summed E-state index contributed by atoms with van der Waals surface area (Å²) in [5.41, 5.74) is 1.86. The lowest BCUT2D eigenvalue weighted by atomic mass is 10.2. The summed E-state index contributed by atoms with van der Waals surface area (Å²) in [6.07, 6.45) is 0.686. The first-order chi connectivity index (χ1) is 14.3. The number of aromatic nitrogens is 2. The highest BCUT2D eigenvalue weighted by Crippen LogP contribution is 2.22. The van der Waals surface area contributed by atoms with Gasteiger partial charge in [0.25, 0.3) is 0 Å². The highest BCUT2D eigenvalue weighted by atomic mass is 32.1. The van der Waals surface area contributed by atoms with Crippen molar-refractivity contribution in [1.82, 2.24) is 15.5 Å². The zero-order valence-corrected chi connectivity index (χ0v) is 16.4. The third-order valence-electron chi connectivity index (χ3n) is 4.17. The molecule has 1 N–H and O–H groups in total. The summed E-state index contributed by atoms with van der Waals surface area (Å²) >= 11 is 1.57. The van der Waals surface area contributed by atoms with Crippen molar-refractivity contribution >= 4 is 17.2 Å². The molecule has 6 nitrogen and oxygen atoms in total. The molecule has 29 heavy (non-hydrogen) atoms. The number of carbonyl (C=O) groups is 1. The minimum atomic E-state index is -0.0744. The molecule has 0 saturated carbocycles. The molecule has 0 saturated heterocycles. The van der Waals surface area contributed by atoms with Crippen molar-refractivity contribution in [3.8, 4) is 23.0 Å². The van der Waals surface area contributed by atoms with E-state index in [9.17, 15) is 4.79 Å². The molecule has 2 aromatic heterocycles. The fourth-order valence-corrected chi connectivity index (χ4v) is 3.34. The number of para-hydroxylation sites is 1. The van der Waals surface area contributed by atoms with E-state index in [1.807, 2.05) is 71.4 Å². The average molecular weight is 405 g/mol. The Hall–Kier alpha value is -3.45. The molecular weight excluding hydrogens is 386 g/mol. The molecule has 146 valence electrons. The average Bonchev–Trinajstić information content (AvgIpc) is 3.43. The molecule has 0 aliphatic rings. The molecule has 0 aliphatic carbocycles. The third kappa shape index (κ3) is 5.30. The Morgan fingerprint density at radius 1 is 1.03 bits per heavy atom. The largest absolute Gasteiger partial charge is 0.457 e. The molecule has 0 aliphatic heterocycles. The lowest BCUT2D eigenvalue weighted by Crippen LogP contribution is -2.23. The summed E-state index contributed by atoms with van der Waals surface area (Å²) < 4.78 is 11.4. The van der Waals surface area contributed by atoms with Crippen LogP contribution in [0.25, 0.3) is 11.5 Å². The minimum Gasteiger partial charge on any atom is -0.457 e. The fourth-order valence-electron chi connectivity index (χ4n) is 2.71. The predicted octanol–water partition coefficient (Wildman–Crippen LogP) is 4.84. The molecule has 4 aromatic rings. The summed E-state index contributed by atoms with van der Waals surface area (Å²) in [5, 5.41) is 14.8. The molecule has 0 atom stereocenters. The van der Waals surface area contributed by atoms with Crippen molar-refractivity contribution < 1.29 is 13.9 Å². The standard InChI is InChI=1S/C22H19N3O3S/c26-20(9-10-21-24-25-22(28-21)17-11-12-29-15-17)23-14-16-5-4-8-19(13-16)27-18-6-2-1-3-7-18/h1-8,11-13,15H,9-10,14H2,(H,23,26). The molecule has 4 rings (SSSR count). The van der Waals surface area contributed by atoms with Crippen molar-refractivity contribution in [2.75, 3.05) is 0 Å². The van der Waals surface area contributed by atoms with E-state index in [0.29, 0.717) is 24.7 Å². The Morgan fingerprint density at radius 3 is 2.72 bits per heavy atom. The van der Waals surface area contributed by atoms with Crippen molar-refractivity contribution in [3.63, 3.8) is 0 Å². The summed E-state index contributed by atoms with van der Waals surface area (Å²) in [4.78, 5) is 12.2. The normalized spacial score (nSPS) is 10.6. The number of hydrogen-bond acceptors (Lipinski definition) is 6. The topological polar surface area (TPSA) is 77.2 Å². The van der Waals surface area contributed by atoms with Crippen LogP contribution >= 0.6 is 11.3 Å². The number of thiophene rings is 1. The van der Waals surface area contributed by atoms with Crippen LogP contribution in [0.4, 0.5) is 0 Å². The Kier molecular flexibility index (Phi) is 5.97. The first-order valence-corrected chi connectivity index (χ1v) is 10.1. The second-order valence-corrected chi connectivity index (χ2v) is 7.13. The summed E-state index contributed by atoms with van der Waals surface area (Å²) in [6, 6.07) is 19.2. The molecule has 0 unspecified atom stereocenters. The van der Waals surface area contributed by atoms with Gasteiger partial charge in [-0.2, -0.15) is 11.3 Å². The monoisotopic (exact) mass is 405 g/mol. The van der Waals surface area contributed by atoms with Crippen LogP contribution in [0.1, 0.15) is 17.9 Å². The first-order valence-electron chi connectivity index (χ1n) is 9.20. The number of aryl methyl sites for hydroxylation is 1. The van der Waals surface area contributed by atoms with Crippen LogP contribution in [0, 0.1) is 0 Å². The number of ether oxygens (including phenoxy) is 1. The molecule has 0 bridgehead atoms. The van der Waals surface area contributed by atoms with Crippen molar-refractivity contribution in [2.24, 2.45) is 0 Å². The Bertz CT molecular complexity index is 1060. The van der Waals surface area contributed by atoms with Gasteiger partial charge in [-0.25, -0.2) is 0 Å². The SMILES string of the molecule is O=C(CCc1nnc(-c2ccsc2)o1)NCc1cccc(Oc2ccccc2)c1. The van der Waals surface area contributed by atoms with Crippen molar-refractivity contribution in [1.29, 1.82) is 0 Å². The minimum absolute atomic E-state index is 0.0744. The van der Waals surface area contributed by atoms with Gasteiger partial charge in [0.05, 0.1) is 0 Å². The lowest BCUT2D eigenvalue weighted by molar-refractivity contribution is -0.121. The van der Waals surface area contributed by atoms with Gasteiger partial charge in [0, 0.05) is 30.3 Å². The van der Waals surface area contributed by atoms with Gasteiger partial charge in [0.2, 0.25) is 17.7 Å². The number of hydrogen-bond donors (Lipinski definition) is 1. The van der Waals surface area contributed by atoms with E-state index in [1.54, 1.807) is 11.3 Å². The van der Waals surface area contributed by atoms with Gasteiger partial charge in [-0.1, -0.05) is 30.3 Å². The zero-order chi connectivity index (χ0) is 19.9. The highest BCUT2D eigenvalue weighted by molar-refractivity contribution is 7.08. The van der Waals surface area contributed by atoms with Crippen molar-refractivity contribution in [3.05, 3.63) is 82.9 Å². The van der Waals surface area contributed by atoms with Crippen LogP contribution in [0.15, 0.2) is 75.8 Å². The second kappa shape index (κ2) is 9.16. The number of carbonyl (C=O) groups excluding carboxylic acids is 1. The van der Waals surface area contributed by atoms with E-state index in [0.717, 1.165) is 22.6 Å². The van der Waals surface area contributed by atoms with Gasteiger partial charge in [0.1, 0.15) is 11.5 Å². The van der Waals surface area contributed by atoms with Crippen LogP contribution in [-0.4, -0.2) is 16.1 Å². The zero-order valence-electron chi connectivity index (χ0n) is 15.6. The van der Waals surface area contributed by atoms with E-state index in [4.69, 9.17) is 9.15 Å². The lowest BCUT2D eigenvalue weighted by Gasteiger charge is -2.08. The maximum Gasteiger partial charge on any atom is 0.248 e. The molecule has 0 radical (unpaired) electrons. The Balaban J connectivity index is 1.26. The van der Waals surface area contributed by atoms with E-state index in [-0.39, 0.29) is 12.3 Å². The smallest absolute Gasteiger partial charge is 0.248 e. The number of nitrogens with zero attached hydrogens (tertiary/aromatic N) is 2. The Morgan fingerprint density at radius 2 is 1.90 bits per heavy atom. The maximum absolute atomic E-state index is 12.2. The molecule has 2 aromatic carbocycles. The second-order valence-electron chi connectivity index (χ2n) is 6.35.